The van der Waals surface area contributed by atoms with Crippen LogP contribution in [0.1, 0.15) is 16.1 Å². The quantitative estimate of drug-likeness (QED) is 0.776. The fourth-order valence-corrected chi connectivity index (χ4v) is 2.76. The molecule has 0 spiro atoms. The smallest absolute Gasteiger partial charge is 0.271 e. The molecule has 8 heteroatoms. The lowest BCUT2D eigenvalue weighted by Crippen LogP contribution is -2.46. The summed E-state index contributed by atoms with van der Waals surface area (Å²) in [5, 5.41) is 2.72. The number of piperazine rings is 1. The number of nitrogens with one attached hydrogen (secondary N) is 1. The summed E-state index contributed by atoms with van der Waals surface area (Å²) < 4.78 is 13.5. The van der Waals surface area contributed by atoms with E-state index in [0.717, 1.165) is 6.41 Å². The molecule has 2 aromatic rings. The first kappa shape index (κ1) is 17.8. The van der Waals surface area contributed by atoms with Crippen molar-refractivity contribution in [3.8, 4) is 0 Å². The molecular weight excluding hydrogens is 337 g/mol. The number of anilines is 1. The minimum atomic E-state index is -0.342. The number of amides is 2. The van der Waals surface area contributed by atoms with Gasteiger partial charge in [-0.2, -0.15) is 0 Å². The lowest BCUT2D eigenvalue weighted by molar-refractivity contribution is -0.118. The lowest BCUT2D eigenvalue weighted by Gasteiger charge is -2.33. The van der Waals surface area contributed by atoms with Gasteiger partial charge >= 0.3 is 0 Å². The zero-order valence-corrected chi connectivity index (χ0v) is 14.3. The highest BCUT2D eigenvalue weighted by molar-refractivity contribution is 5.92. The number of hydrogen-bond donors (Lipinski definition) is 1. The number of carbonyl (C=O) groups excluding carboxylic acids is 2. The summed E-state index contributed by atoms with van der Waals surface area (Å²) in [6.07, 6.45) is 4.24. The minimum Gasteiger partial charge on any atom is -0.352 e. The third kappa shape index (κ3) is 4.33. The van der Waals surface area contributed by atoms with Gasteiger partial charge in [-0.05, 0) is 18.1 Å². The predicted octanol–water partition coefficient (Wildman–Crippen LogP) is 0.867. The van der Waals surface area contributed by atoms with E-state index in [1.165, 1.54) is 12.3 Å². The topological polar surface area (TPSA) is 78.4 Å². The van der Waals surface area contributed by atoms with E-state index >= 15 is 0 Å². The summed E-state index contributed by atoms with van der Waals surface area (Å²) >= 11 is 0. The van der Waals surface area contributed by atoms with Crippen LogP contribution >= 0.6 is 0 Å². The van der Waals surface area contributed by atoms with E-state index in [0.29, 0.717) is 50.5 Å². The Hall–Kier alpha value is -3.03. The van der Waals surface area contributed by atoms with Crippen molar-refractivity contribution < 1.29 is 14.0 Å². The van der Waals surface area contributed by atoms with Gasteiger partial charge in [0.25, 0.3) is 5.91 Å². The van der Waals surface area contributed by atoms with Crippen molar-refractivity contribution in [1.82, 2.24) is 20.2 Å². The molecule has 7 nitrogen and oxygen atoms in total. The molecule has 0 saturated carbocycles. The first-order chi connectivity index (χ1) is 12.7. The van der Waals surface area contributed by atoms with E-state index in [1.54, 1.807) is 29.3 Å². The molecule has 1 aliphatic heterocycles. The van der Waals surface area contributed by atoms with Gasteiger partial charge in [-0.1, -0.05) is 18.2 Å². The monoisotopic (exact) mass is 357 g/mol. The molecule has 26 heavy (non-hydrogen) atoms. The summed E-state index contributed by atoms with van der Waals surface area (Å²) in [5.74, 6) is 0.0604. The number of rotatable bonds is 6. The average molecular weight is 357 g/mol. The molecule has 1 N–H and O–H groups in total. The highest BCUT2D eigenvalue weighted by atomic mass is 19.1. The lowest BCUT2D eigenvalue weighted by atomic mass is 10.1. The van der Waals surface area contributed by atoms with Crippen LogP contribution in [0.2, 0.25) is 0 Å². The molecule has 2 heterocycles. The Kier molecular flexibility index (Phi) is 5.73. The molecule has 0 atom stereocenters. The van der Waals surface area contributed by atoms with Gasteiger partial charge in [0.05, 0.1) is 12.4 Å². The summed E-state index contributed by atoms with van der Waals surface area (Å²) in [5.41, 5.74) is 0.775. The van der Waals surface area contributed by atoms with Crippen LogP contribution in [0, 0.1) is 5.82 Å². The number of nitrogens with zero attached hydrogens (tertiary/aromatic N) is 4. The Labute approximate surface area is 150 Å². The molecule has 1 saturated heterocycles. The molecule has 2 amide bonds. The normalized spacial score (nSPS) is 14.2. The molecule has 0 unspecified atom stereocenters. The second kappa shape index (κ2) is 8.37. The molecule has 0 aliphatic carbocycles. The van der Waals surface area contributed by atoms with Crippen molar-refractivity contribution in [3.05, 3.63) is 53.7 Å². The van der Waals surface area contributed by atoms with E-state index in [2.05, 4.69) is 15.3 Å². The zero-order chi connectivity index (χ0) is 18.4. The van der Waals surface area contributed by atoms with Crippen LogP contribution in [-0.2, 0) is 11.2 Å². The van der Waals surface area contributed by atoms with Crippen LogP contribution in [0.4, 0.5) is 10.2 Å². The average Bonchev–Trinajstić information content (AvgIpc) is 2.69. The van der Waals surface area contributed by atoms with Crippen LogP contribution < -0.4 is 10.2 Å². The maximum absolute atomic E-state index is 13.5. The van der Waals surface area contributed by atoms with E-state index in [4.69, 9.17) is 0 Å². The molecule has 0 radical (unpaired) electrons. The fraction of sp³-hybridized carbons (Fsp3) is 0.333. The maximum atomic E-state index is 13.5. The summed E-state index contributed by atoms with van der Waals surface area (Å²) in [7, 11) is 0. The Bertz CT molecular complexity index is 760. The largest absolute Gasteiger partial charge is 0.352 e. The van der Waals surface area contributed by atoms with Crippen LogP contribution in [0.3, 0.4) is 0 Å². The first-order valence-corrected chi connectivity index (χ1v) is 8.45. The van der Waals surface area contributed by atoms with Crippen molar-refractivity contribution in [2.24, 2.45) is 0 Å². The number of benzene rings is 1. The molecule has 1 aromatic carbocycles. The van der Waals surface area contributed by atoms with Gasteiger partial charge in [0.15, 0.2) is 0 Å². The molecular formula is C18H20FN5O2. The highest BCUT2D eigenvalue weighted by Gasteiger charge is 2.17. The van der Waals surface area contributed by atoms with Crippen molar-refractivity contribution in [3.63, 3.8) is 0 Å². The number of carbonyl (C=O) groups is 2. The van der Waals surface area contributed by atoms with E-state index in [1.807, 2.05) is 4.90 Å². The van der Waals surface area contributed by atoms with Crippen LogP contribution in [0.25, 0.3) is 0 Å². The van der Waals surface area contributed by atoms with Gasteiger partial charge < -0.3 is 15.1 Å². The van der Waals surface area contributed by atoms with Gasteiger partial charge in [0, 0.05) is 32.7 Å². The number of hydrogen-bond acceptors (Lipinski definition) is 5. The van der Waals surface area contributed by atoms with Crippen molar-refractivity contribution in [2.75, 3.05) is 37.6 Å². The fourth-order valence-electron chi connectivity index (χ4n) is 2.76. The number of halogens is 1. The Morgan fingerprint density at radius 1 is 1.15 bits per heavy atom. The summed E-state index contributed by atoms with van der Waals surface area (Å²) in [6.45, 7) is 2.97. The van der Waals surface area contributed by atoms with Gasteiger partial charge in [-0.3, -0.25) is 9.59 Å². The van der Waals surface area contributed by atoms with E-state index < -0.39 is 0 Å². The van der Waals surface area contributed by atoms with Gasteiger partial charge in [-0.15, -0.1) is 0 Å². The van der Waals surface area contributed by atoms with Crippen molar-refractivity contribution in [1.29, 1.82) is 0 Å². The number of aromatic nitrogens is 2. The van der Waals surface area contributed by atoms with Gasteiger partial charge in [0.1, 0.15) is 17.3 Å². The van der Waals surface area contributed by atoms with Crippen LogP contribution in [-0.4, -0.2) is 59.9 Å². The van der Waals surface area contributed by atoms with Crippen LogP contribution in [0.5, 0.6) is 0 Å². The summed E-state index contributed by atoms with van der Waals surface area (Å²) in [4.78, 5) is 35.0. The van der Waals surface area contributed by atoms with E-state index in [-0.39, 0.29) is 17.4 Å². The maximum Gasteiger partial charge on any atom is 0.271 e. The predicted molar refractivity (Wildman–Crippen MR) is 94.3 cm³/mol. The first-order valence-electron chi connectivity index (χ1n) is 8.45. The van der Waals surface area contributed by atoms with Gasteiger partial charge in [-0.25, -0.2) is 14.4 Å². The molecule has 1 fully saturated rings. The zero-order valence-electron chi connectivity index (χ0n) is 14.3. The Morgan fingerprint density at radius 2 is 1.92 bits per heavy atom. The Morgan fingerprint density at radius 3 is 2.58 bits per heavy atom. The molecule has 3 rings (SSSR count). The standard InChI is InChI=1S/C18H20FN5O2/c19-15-4-2-1-3-14(15)5-6-20-18(26)16-11-22-17(12-21-16)24-9-7-23(13-25)8-10-24/h1-4,11-13H,5-10H2,(H,20,26). The minimum absolute atomic E-state index is 0.216. The molecule has 0 bridgehead atoms. The summed E-state index contributed by atoms with van der Waals surface area (Å²) in [6, 6.07) is 6.49. The second-order valence-electron chi connectivity index (χ2n) is 5.99. The van der Waals surface area contributed by atoms with Gasteiger partial charge in [0.2, 0.25) is 6.41 Å². The SMILES string of the molecule is O=CN1CCN(c2cnc(C(=O)NCCc3ccccc3F)cn2)CC1. The Balaban J connectivity index is 1.51. The highest BCUT2D eigenvalue weighted by Crippen LogP contribution is 2.12. The molecule has 1 aromatic heterocycles. The third-order valence-corrected chi connectivity index (χ3v) is 4.30. The molecule has 1 aliphatic rings. The van der Waals surface area contributed by atoms with E-state index in [9.17, 15) is 14.0 Å². The second-order valence-corrected chi connectivity index (χ2v) is 5.99. The van der Waals surface area contributed by atoms with Crippen LogP contribution in [0.15, 0.2) is 36.7 Å². The third-order valence-electron chi connectivity index (χ3n) is 4.30. The van der Waals surface area contributed by atoms with Crippen molar-refractivity contribution in [2.45, 2.75) is 6.42 Å². The molecule has 136 valence electrons. The van der Waals surface area contributed by atoms with Crippen molar-refractivity contribution >= 4 is 18.1 Å².